The van der Waals surface area contributed by atoms with Crippen molar-refractivity contribution in [3.05, 3.63) is 41.5 Å². The Morgan fingerprint density at radius 1 is 1.15 bits per heavy atom. The van der Waals surface area contributed by atoms with Gasteiger partial charge in [0.1, 0.15) is 5.57 Å². The highest BCUT2D eigenvalue weighted by molar-refractivity contribution is 7.80. The molecule has 0 radical (unpaired) electrons. The number of amides is 2. The number of allylic oxidation sites excluding steroid dienone is 1. The molecule has 1 aromatic rings. The first-order valence-electron chi connectivity index (χ1n) is 8.41. The molecular formula is C19H22N2O4S. The van der Waals surface area contributed by atoms with Gasteiger partial charge in [0.15, 0.2) is 16.6 Å². The second-order valence-corrected chi connectivity index (χ2v) is 5.99. The van der Waals surface area contributed by atoms with Crippen LogP contribution in [0.25, 0.3) is 6.08 Å². The number of carbonyl (C=O) groups excluding carboxylic acids is 2. The Bertz CT molecular complexity index is 749. The van der Waals surface area contributed by atoms with Crippen LogP contribution in [0.3, 0.4) is 0 Å². The summed E-state index contributed by atoms with van der Waals surface area (Å²) in [6, 6.07) is 3.61. The van der Waals surface area contributed by atoms with Crippen molar-refractivity contribution >= 4 is 35.2 Å². The average Bonchev–Trinajstić information content (AvgIpc) is 2.58. The smallest absolute Gasteiger partial charge is 0.263 e. The maximum absolute atomic E-state index is 12.0. The molecule has 138 valence electrons. The van der Waals surface area contributed by atoms with E-state index < -0.39 is 11.8 Å². The predicted molar refractivity (Wildman–Crippen MR) is 104 cm³/mol. The Morgan fingerprint density at radius 3 is 2.42 bits per heavy atom. The fraction of sp³-hybridized carbons (Fsp3) is 0.316. The van der Waals surface area contributed by atoms with Crippen molar-refractivity contribution in [1.82, 2.24) is 10.6 Å². The molecule has 0 unspecified atom stereocenters. The SMILES string of the molecule is C=CCc1cc(C=C2C(=O)NC(=S)NC2=O)cc(OCC)c1OCCC. The second kappa shape index (κ2) is 9.15. The summed E-state index contributed by atoms with van der Waals surface area (Å²) in [6.07, 6.45) is 4.70. The Kier molecular flexibility index (Phi) is 6.91. The number of nitrogens with one attached hydrogen (secondary N) is 2. The zero-order valence-electron chi connectivity index (χ0n) is 14.9. The third-order valence-electron chi connectivity index (χ3n) is 3.52. The second-order valence-electron chi connectivity index (χ2n) is 5.58. The lowest BCUT2D eigenvalue weighted by atomic mass is 10.0. The van der Waals surface area contributed by atoms with Crippen molar-refractivity contribution in [2.24, 2.45) is 0 Å². The van der Waals surface area contributed by atoms with Crippen LogP contribution in [0.5, 0.6) is 11.5 Å². The number of carbonyl (C=O) groups is 2. The number of hydrogen-bond donors (Lipinski definition) is 2. The van der Waals surface area contributed by atoms with Crippen LogP contribution in [0.1, 0.15) is 31.4 Å². The summed E-state index contributed by atoms with van der Waals surface area (Å²) in [5, 5.41) is 4.84. The molecule has 2 rings (SSSR count). The molecule has 1 heterocycles. The Hall–Kier alpha value is -2.67. The fourth-order valence-corrected chi connectivity index (χ4v) is 2.66. The number of thiocarbonyl (C=S) groups is 1. The van der Waals surface area contributed by atoms with Gasteiger partial charge >= 0.3 is 0 Å². The topological polar surface area (TPSA) is 76.7 Å². The summed E-state index contributed by atoms with van der Waals surface area (Å²) in [6.45, 7) is 8.71. The van der Waals surface area contributed by atoms with Crippen molar-refractivity contribution in [2.75, 3.05) is 13.2 Å². The molecule has 0 spiro atoms. The molecule has 2 amide bonds. The molecule has 0 bridgehead atoms. The van der Waals surface area contributed by atoms with Crippen LogP contribution in [-0.4, -0.2) is 30.1 Å². The van der Waals surface area contributed by atoms with E-state index in [-0.39, 0.29) is 10.7 Å². The van der Waals surface area contributed by atoms with E-state index in [0.29, 0.717) is 36.7 Å². The Morgan fingerprint density at radius 2 is 1.85 bits per heavy atom. The molecule has 1 aliphatic heterocycles. The van der Waals surface area contributed by atoms with Gasteiger partial charge in [-0.25, -0.2) is 0 Å². The van der Waals surface area contributed by atoms with Crippen molar-refractivity contribution in [3.8, 4) is 11.5 Å². The van der Waals surface area contributed by atoms with Crippen LogP contribution in [-0.2, 0) is 16.0 Å². The highest BCUT2D eigenvalue weighted by Crippen LogP contribution is 2.35. The van der Waals surface area contributed by atoms with E-state index in [1.54, 1.807) is 12.1 Å². The fourth-order valence-electron chi connectivity index (χ4n) is 2.48. The minimum absolute atomic E-state index is 0.00261. The zero-order valence-corrected chi connectivity index (χ0v) is 15.7. The minimum atomic E-state index is -0.534. The van der Waals surface area contributed by atoms with E-state index >= 15 is 0 Å². The van der Waals surface area contributed by atoms with Gasteiger partial charge in [-0.1, -0.05) is 13.0 Å². The first-order valence-corrected chi connectivity index (χ1v) is 8.82. The number of benzene rings is 1. The van der Waals surface area contributed by atoms with Gasteiger partial charge in [-0.3, -0.25) is 20.2 Å². The first-order chi connectivity index (χ1) is 12.5. The molecule has 26 heavy (non-hydrogen) atoms. The molecule has 0 saturated carbocycles. The van der Waals surface area contributed by atoms with Crippen molar-refractivity contribution in [1.29, 1.82) is 0 Å². The van der Waals surface area contributed by atoms with E-state index in [4.69, 9.17) is 21.7 Å². The van der Waals surface area contributed by atoms with Crippen molar-refractivity contribution in [2.45, 2.75) is 26.7 Å². The minimum Gasteiger partial charge on any atom is -0.490 e. The number of ether oxygens (including phenoxy) is 2. The molecule has 0 aliphatic carbocycles. The normalized spacial score (nSPS) is 13.8. The summed E-state index contributed by atoms with van der Waals surface area (Å²) in [5.41, 5.74) is 1.51. The molecule has 1 saturated heterocycles. The molecule has 1 aliphatic rings. The molecule has 2 N–H and O–H groups in total. The molecule has 6 nitrogen and oxygen atoms in total. The molecular weight excluding hydrogens is 352 g/mol. The van der Waals surface area contributed by atoms with Crippen LogP contribution in [0.4, 0.5) is 0 Å². The lowest BCUT2D eigenvalue weighted by molar-refractivity contribution is -0.123. The quantitative estimate of drug-likeness (QED) is 0.316. The molecule has 0 aromatic heterocycles. The van der Waals surface area contributed by atoms with E-state index in [1.807, 2.05) is 19.9 Å². The third kappa shape index (κ3) is 4.70. The van der Waals surface area contributed by atoms with E-state index in [0.717, 1.165) is 12.0 Å². The van der Waals surface area contributed by atoms with Gasteiger partial charge < -0.3 is 9.47 Å². The van der Waals surface area contributed by atoms with E-state index in [9.17, 15) is 9.59 Å². The summed E-state index contributed by atoms with van der Waals surface area (Å²) in [7, 11) is 0. The monoisotopic (exact) mass is 374 g/mol. The summed E-state index contributed by atoms with van der Waals surface area (Å²) >= 11 is 4.81. The number of hydrogen-bond acceptors (Lipinski definition) is 5. The average molecular weight is 374 g/mol. The van der Waals surface area contributed by atoms with Gasteiger partial charge in [-0.15, -0.1) is 6.58 Å². The van der Waals surface area contributed by atoms with Crippen LogP contribution < -0.4 is 20.1 Å². The van der Waals surface area contributed by atoms with Gasteiger partial charge in [-0.2, -0.15) is 0 Å². The van der Waals surface area contributed by atoms with E-state index in [2.05, 4.69) is 17.2 Å². The van der Waals surface area contributed by atoms with Gasteiger partial charge in [0.25, 0.3) is 11.8 Å². The third-order valence-corrected chi connectivity index (χ3v) is 3.73. The van der Waals surface area contributed by atoms with Crippen molar-refractivity contribution < 1.29 is 19.1 Å². The van der Waals surface area contributed by atoms with Crippen molar-refractivity contribution in [3.63, 3.8) is 0 Å². The molecule has 1 fully saturated rings. The first kappa shape index (κ1) is 19.7. The summed E-state index contributed by atoms with van der Waals surface area (Å²) in [4.78, 5) is 24.1. The van der Waals surface area contributed by atoms with Crippen LogP contribution in [0.15, 0.2) is 30.4 Å². The largest absolute Gasteiger partial charge is 0.490 e. The number of rotatable bonds is 8. The molecule has 0 atom stereocenters. The van der Waals surface area contributed by atoms with Gasteiger partial charge in [-0.05, 0) is 55.8 Å². The lowest BCUT2D eigenvalue weighted by Crippen LogP contribution is -2.51. The van der Waals surface area contributed by atoms with Gasteiger partial charge in [0.05, 0.1) is 13.2 Å². The standard InChI is InChI=1S/C19H22N2O4S/c1-4-7-13-9-12(10-14-17(22)20-19(26)21-18(14)23)11-15(24-6-3)16(13)25-8-5-2/h4,9-11H,1,5-8H2,2-3H3,(H2,20,21,22,23,26). The van der Waals surface area contributed by atoms with Crippen LogP contribution in [0, 0.1) is 0 Å². The Labute approximate surface area is 158 Å². The van der Waals surface area contributed by atoms with Gasteiger partial charge in [0.2, 0.25) is 0 Å². The zero-order chi connectivity index (χ0) is 19.1. The lowest BCUT2D eigenvalue weighted by Gasteiger charge is -2.18. The Balaban J connectivity index is 2.49. The predicted octanol–water partition coefficient (Wildman–Crippen LogP) is 2.52. The van der Waals surface area contributed by atoms with E-state index in [1.165, 1.54) is 6.08 Å². The summed E-state index contributed by atoms with van der Waals surface area (Å²) < 4.78 is 11.6. The molecule has 1 aromatic carbocycles. The van der Waals surface area contributed by atoms with Gasteiger partial charge in [0, 0.05) is 5.56 Å². The van der Waals surface area contributed by atoms with Crippen LogP contribution >= 0.6 is 12.2 Å². The van der Waals surface area contributed by atoms with Crippen LogP contribution in [0.2, 0.25) is 0 Å². The highest BCUT2D eigenvalue weighted by atomic mass is 32.1. The maximum atomic E-state index is 12.0. The molecule has 7 heteroatoms. The highest BCUT2D eigenvalue weighted by Gasteiger charge is 2.26. The maximum Gasteiger partial charge on any atom is 0.263 e. The summed E-state index contributed by atoms with van der Waals surface area (Å²) in [5.74, 6) is 0.162.